The Morgan fingerprint density at radius 2 is 1.62 bits per heavy atom. The van der Waals surface area contributed by atoms with Gasteiger partial charge in [0.2, 0.25) is 0 Å². The maximum Gasteiger partial charge on any atom is 0.335 e. The first-order valence-electron chi connectivity index (χ1n) is 6.67. The van der Waals surface area contributed by atoms with Crippen molar-refractivity contribution in [3.05, 3.63) is 77.9 Å². The molecule has 2 nitrogen and oxygen atoms in total. The van der Waals surface area contributed by atoms with Gasteiger partial charge in [0.15, 0.2) is 0 Å². The van der Waals surface area contributed by atoms with Crippen LogP contribution in [-0.2, 0) is 5.75 Å². The van der Waals surface area contributed by atoms with Gasteiger partial charge in [-0.15, -0.1) is 11.8 Å². The summed E-state index contributed by atoms with van der Waals surface area (Å²) < 4.78 is 0. The molecule has 0 aliphatic carbocycles. The second kappa shape index (κ2) is 6.02. The number of hydrogen-bond donors (Lipinski definition) is 1. The zero-order valence-electron chi connectivity index (χ0n) is 11.3. The predicted octanol–water partition coefficient (Wildman–Crippen LogP) is 4.83. The summed E-state index contributed by atoms with van der Waals surface area (Å²) in [6, 6.07) is 21.7. The van der Waals surface area contributed by atoms with Crippen LogP contribution >= 0.6 is 11.8 Å². The number of hydrogen-bond acceptors (Lipinski definition) is 2. The van der Waals surface area contributed by atoms with Crippen LogP contribution in [0.1, 0.15) is 15.9 Å². The van der Waals surface area contributed by atoms with Crippen LogP contribution in [0.4, 0.5) is 0 Å². The quantitative estimate of drug-likeness (QED) is 0.700. The van der Waals surface area contributed by atoms with E-state index in [0.717, 1.165) is 10.6 Å². The Bertz CT molecular complexity index is 773. The number of benzene rings is 3. The molecule has 0 amide bonds. The van der Waals surface area contributed by atoms with Gasteiger partial charge in [0.05, 0.1) is 5.56 Å². The third-order valence-electron chi connectivity index (χ3n) is 3.38. The molecule has 0 unspecified atom stereocenters. The van der Waals surface area contributed by atoms with Crippen molar-refractivity contribution in [2.45, 2.75) is 10.6 Å². The van der Waals surface area contributed by atoms with E-state index in [1.165, 1.54) is 16.3 Å². The van der Waals surface area contributed by atoms with Gasteiger partial charge in [-0.05, 0) is 40.6 Å². The summed E-state index contributed by atoms with van der Waals surface area (Å²) >= 11 is 1.72. The van der Waals surface area contributed by atoms with Gasteiger partial charge in [-0.1, -0.05) is 42.5 Å². The standard InChI is InChI=1S/C18H14O2S/c19-18(20)14-8-10-16(11-9-14)21-12-15-6-3-5-13-4-1-2-7-17(13)15/h1-11H,12H2,(H,19,20). The first-order chi connectivity index (χ1) is 10.2. The molecule has 3 aromatic carbocycles. The van der Waals surface area contributed by atoms with E-state index in [4.69, 9.17) is 5.11 Å². The maximum atomic E-state index is 10.8. The molecule has 0 heterocycles. The van der Waals surface area contributed by atoms with Crippen LogP contribution in [0.5, 0.6) is 0 Å². The Balaban J connectivity index is 1.79. The topological polar surface area (TPSA) is 37.3 Å². The van der Waals surface area contributed by atoms with Crippen molar-refractivity contribution < 1.29 is 9.90 Å². The number of carboxylic acids is 1. The van der Waals surface area contributed by atoms with Gasteiger partial charge >= 0.3 is 5.97 Å². The molecule has 0 saturated carbocycles. The lowest BCUT2D eigenvalue weighted by Crippen LogP contribution is -1.94. The highest BCUT2D eigenvalue weighted by Gasteiger charge is 2.04. The molecule has 0 aliphatic rings. The van der Waals surface area contributed by atoms with Gasteiger partial charge in [-0.2, -0.15) is 0 Å². The SMILES string of the molecule is O=C(O)c1ccc(SCc2cccc3ccccc23)cc1. The molecule has 0 radical (unpaired) electrons. The summed E-state index contributed by atoms with van der Waals surface area (Å²) in [5, 5.41) is 11.4. The molecule has 0 saturated heterocycles. The van der Waals surface area contributed by atoms with Gasteiger partial charge in [0.25, 0.3) is 0 Å². The van der Waals surface area contributed by atoms with Crippen LogP contribution in [0, 0.1) is 0 Å². The molecule has 3 heteroatoms. The van der Waals surface area contributed by atoms with Crippen molar-refractivity contribution in [2.24, 2.45) is 0 Å². The Morgan fingerprint density at radius 1 is 0.905 bits per heavy atom. The number of carboxylic acid groups (broad SMARTS) is 1. The highest BCUT2D eigenvalue weighted by Crippen LogP contribution is 2.27. The lowest BCUT2D eigenvalue weighted by Gasteiger charge is -2.06. The van der Waals surface area contributed by atoms with Crippen LogP contribution in [-0.4, -0.2) is 11.1 Å². The highest BCUT2D eigenvalue weighted by molar-refractivity contribution is 7.98. The largest absolute Gasteiger partial charge is 0.478 e. The molecular formula is C18H14O2S. The molecule has 0 fully saturated rings. The minimum atomic E-state index is -0.888. The summed E-state index contributed by atoms with van der Waals surface area (Å²) in [7, 11) is 0. The zero-order valence-corrected chi connectivity index (χ0v) is 12.1. The first kappa shape index (κ1) is 13.7. The van der Waals surface area contributed by atoms with Crippen molar-refractivity contribution in [3.63, 3.8) is 0 Å². The first-order valence-corrected chi connectivity index (χ1v) is 7.65. The highest BCUT2D eigenvalue weighted by atomic mass is 32.2. The monoisotopic (exact) mass is 294 g/mol. The average molecular weight is 294 g/mol. The third kappa shape index (κ3) is 3.09. The summed E-state index contributed by atoms with van der Waals surface area (Å²) in [5.41, 5.74) is 1.62. The smallest absolute Gasteiger partial charge is 0.335 e. The van der Waals surface area contributed by atoms with Gasteiger partial charge in [-0.25, -0.2) is 4.79 Å². The van der Waals surface area contributed by atoms with Gasteiger partial charge in [-0.3, -0.25) is 0 Å². The Kier molecular flexibility index (Phi) is 3.93. The van der Waals surface area contributed by atoms with Crippen molar-refractivity contribution in [1.82, 2.24) is 0 Å². The van der Waals surface area contributed by atoms with Crippen LogP contribution in [0.3, 0.4) is 0 Å². The number of aromatic carboxylic acids is 1. The number of thioether (sulfide) groups is 1. The molecule has 0 bridgehead atoms. The fraction of sp³-hybridized carbons (Fsp3) is 0.0556. The second-order valence-corrected chi connectivity index (χ2v) is 5.81. The summed E-state index contributed by atoms with van der Waals surface area (Å²) in [6.45, 7) is 0. The fourth-order valence-electron chi connectivity index (χ4n) is 2.27. The van der Waals surface area contributed by atoms with Crippen LogP contribution in [0.15, 0.2) is 71.6 Å². The predicted molar refractivity (Wildman–Crippen MR) is 86.9 cm³/mol. The Hall–Kier alpha value is -2.26. The Morgan fingerprint density at radius 3 is 2.38 bits per heavy atom. The molecule has 0 aliphatic heterocycles. The van der Waals surface area contributed by atoms with Crippen LogP contribution in [0.2, 0.25) is 0 Å². The number of rotatable bonds is 4. The van der Waals surface area contributed by atoms with E-state index in [9.17, 15) is 4.79 Å². The lowest BCUT2D eigenvalue weighted by atomic mass is 10.1. The van der Waals surface area contributed by atoms with Gasteiger partial charge < -0.3 is 5.11 Å². The van der Waals surface area contributed by atoms with Crippen molar-refractivity contribution in [3.8, 4) is 0 Å². The molecule has 104 valence electrons. The van der Waals surface area contributed by atoms with E-state index in [-0.39, 0.29) is 0 Å². The minimum absolute atomic E-state index is 0.324. The molecule has 21 heavy (non-hydrogen) atoms. The van der Waals surface area contributed by atoms with E-state index >= 15 is 0 Å². The van der Waals surface area contributed by atoms with Gasteiger partial charge in [0.1, 0.15) is 0 Å². The van der Waals surface area contributed by atoms with E-state index < -0.39 is 5.97 Å². The van der Waals surface area contributed by atoms with Crippen molar-refractivity contribution in [2.75, 3.05) is 0 Å². The fourth-order valence-corrected chi connectivity index (χ4v) is 3.18. The van der Waals surface area contributed by atoms with E-state index in [1.54, 1.807) is 23.9 Å². The van der Waals surface area contributed by atoms with Crippen LogP contribution in [0.25, 0.3) is 10.8 Å². The van der Waals surface area contributed by atoms with E-state index in [0.29, 0.717) is 5.56 Å². The molecule has 3 aromatic rings. The molecule has 0 atom stereocenters. The van der Waals surface area contributed by atoms with E-state index in [1.807, 2.05) is 18.2 Å². The maximum absolute atomic E-state index is 10.8. The summed E-state index contributed by atoms with van der Waals surface area (Å²) in [4.78, 5) is 11.9. The molecule has 0 spiro atoms. The number of fused-ring (bicyclic) bond motifs is 1. The second-order valence-electron chi connectivity index (χ2n) is 4.76. The molecular weight excluding hydrogens is 280 g/mol. The van der Waals surface area contributed by atoms with Crippen LogP contribution < -0.4 is 0 Å². The van der Waals surface area contributed by atoms with Gasteiger partial charge in [0, 0.05) is 10.6 Å². The summed E-state index contributed by atoms with van der Waals surface area (Å²) in [6.07, 6.45) is 0. The third-order valence-corrected chi connectivity index (χ3v) is 4.44. The molecule has 0 aromatic heterocycles. The Labute approximate surface area is 127 Å². The number of carbonyl (C=O) groups is 1. The normalized spacial score (nSPS) is 10.7. The van der Waals surface area contributed by atoms with Crippen molar-refractivity contribution in [1.29, 1.82) is 0 Å². The summed E-state index contributed by atoms with van der Waals surface area (Å²) in [5.74, 6) is -0.0195. The lowest BCUT2D eigenvalue weighted by molar-refractivity contribution is 0.0697. The molecule has 1 N–H and O–H groups in total. The molecule has 3 rings (SSSR count). The zero-order chi connectivity index (χ0) is 14.7. The van der Waals surface area contributed by atoms with Crippen molar-refractivity contribution >= 4 is 28.5 Å². The van der Waals surface area contributed by atoms with E-state index in [2.05, 4.69) is 36.4 Å². The average Bonchev–Trinajstić information content (AvgIpc) is 2.53. The minimum Gasteiger partial charge on any atom is -0.478 e.